The Morgan fingerprint density at radius 3 is 3.06 bits per heavy atom. The highest BCUT2D eigenvalue weighted by Gasteiger charge is 2.45. The summed E-state index contributed by atoms with van der Waals surface area (Å²) < 4.78 is 0.784. The van der Waals surface area contributed by atoms with Gasteiger partial charge in [-0.2, -0.15) is 0 Å². The van der Waals surface area contributed by atoms with Gasteiger partial charge in [0, 0.05) is 36.7 Å². The van der Waals surface area contributed by atoms with Gasteiger partial charge in [0.25, 0.3) is 0 Å². The van der Waals surface area contributed by atoms with Crippen LogP contribution >= 0.6 is 27.5 Å². The number of carbonyl (C=O) groups excluding carboxylic acids is 1. The first-order valence-electron chi connectivity index (χ1n) is 5.47. The zero-order valence-corrected chi connectivity index (χ0v) is 11.4. The van der Waals surface area contributed by atoms with Crippen LogP contribution in [0.3, 0.4) is 0 Å². The number of nitrogens with zero attached hydrogens (tertiary/aromatic N) is 1. The summed E-state index contributed by atoms with van der Waals surface area (Å²) in [6.45, 7) is 1.43. The number of fused-ring (bicyclic) bond motifs is 2. The molecule has 1 aromatic rings. The number of halogens is 2. The minimum absolute atomic E-state index is 0.0851. The molecule has 1 unspecified atom stereocenters. The van der Waals surface area contributed by atoms with Crippen LogP contribution in [0.25, 0.3) is 0 Å². The molecule has 90 valence electrons. The predicted octanol–water partition coefficient (Wildman–Crippen LogP) is 2.07. The van der Waals surface area contributed by atoms with Crippen molar-refractivity contribution in [3.63, 3.8) is 0 Å². The van der Waals surface area contributed by atoms with Crippen LogP contribution in [0.5, 0.6) is 0 Å². The van der Waals surface area contributed by atoms with Crippen molar-refractivity contribution in [3.05, 3.63) is 21.3 Å². The van der Waals surface area contributed by atoms with Crippen LogP contribution < -0.4 is 10.6 Å². The minimum Gasteiger partial charge on any atom is -0.369 e. The fourth-order valence-corrected chi connectivity index (χ4v) is 3.33. The number of rotatable bonds is 0. The van der Waals surface area contributed by atoms with Crippen molar-refractivity contribution in [3.8, 4) is 0 Å². The van der Waals surface area contributed by atoms with Gasteiger partial charge in [-0.15, -0.1) is 0 Å². The zero-order chi connectivity index (χ0) is 12.0. The summed E-state index contributed by atoms with van der Waals surface area (Å²) in [6.07, 6.45) is 3.07. The number of carbonyl (C=O) groups is 1. The van der Waals surface area contributed by atoms with E-state index in [0.29, 0.717) is 18.0 Å². The number of hydrogen-bond acceptors (Lipinski definition) is 3. The van der Waals surface area contributed by atoms with Crippen LogP contribution in [0, 0.1) is 0 Å². The summed E-state index contributed by atoms with van der Waals surface area (Å²) in [5.41, 5.74) is 0.800. The van der Waals surface area contributed by atoms with Gasteiger partial charge in [-0.1, -0.05) is 11.6 Å². The molecular formula is C11H11BrClN3O. The smallest absolute Gasteiger partial charge is 0.220 e. The van der Waals surface area contributed by atoms with Gasteiger partial charge >= 0.3 is 0 Å². The molecule has 2 aliphatic rings. The Bertz CT molecular complexity index is 504. The van der Waals surface area contributed by atoms with Gasteiger partial charge in [-0.25, -0.2) is 4.98 Å². The number of anilines is 1. The average molecular weight is 317 g/mol. The Morgan fingerprint density at radius 1 is 1.47 bits per heavy atom. The van der Waals surface area contributed by atoms with Crippen LogP contribution in [-0.4, -0.2) is 24.0 Å². The van der Waals surface area contributed by atoms with E-state index in [-0.39, 0.29) is 11.3 Å². The van der Waals surface area contributed by atoms with E-state index in [9.17, 15) is 4.79 Å². The molecule has 0 bridgehead atoms. The first-order chi connectivity index (χ1) is 8.12. The number of nitrogens with one attached hydrogen (secondary N) is 2. The van der Waals surface area contributed by atoms with Crippen molar-refractivity contribution >= 4 is 39.3 Å². The van der Waals surface area contributed by atoms with Crippen LogP contribution in [0.2, 0.25) is 5.02 Å². The minimum atomic E-state index is -0.189. The first-order valence-corrected chi connectivity index (χ1v) is 6.64. The van der Waals surface area contributed by atoms with Crippen molar-refractivity contribution in [2.24, 2.45) is 0 Å². The molecule has 0 radical (unpaired) electrons. The Labute approximate surface area is 112 Å². The Hall–Kier alpha value is -0.810. The number of hydrogen-bond donors (Lipinski definition) is 2. The van der Waals surface area contributed by atoms with E-state index in [1.165, 1.54) is 0 Å². The first kappa shape index (κ1) is 11.3. The van der Waals surface area contributed by atoms with E-state index in [2.05, 4.69) is 31.5 Å². The molecule has 2 N–H and O–H groups in total. The summed E-state index contributed by atoms with van der Waals surface area (Å²) in [5, 5.41) is 6.78. The maximum Gasteiger partial charge on any atom is 0.220 e. The van der Waals surface area contributed by atoms with E-state index in [4.69, 9.17) is 11.6 Å². The highest BCUT2D eigenvalue weighted by Crippen LogP contribution is 2.47. The van der Waals surface area contributed by atoms with Gasteiger partial charge in [0.1, 0.15) is 5.82 Å². The number of amides is 1. The van der Waals surface area contributed by atoms with E-state index in [0.717, 1.165) is 28.8 Å². The third kappa shape index (κ3) is 1.64. The van der Waals surface area contributed by atoms with Crippen molar-refractivity contribution in [1.82, 2.24) is 10.3 Å². The highest BCUT2D eigenvalue weighted by molar-refractivity contribution is 9.10. The largest absolute Gasteiger partial charge is 0.369 e. The molecule has 17 heavy (non-hydrogen) atoms. The van der Waals surface area contributed by atoms with Crippen molar-refractivity contribution in [1.29, 1.82) is 0 Å². The molecule has 0 aromatic carbocycles. The maximum atomic E-state index is 11.6. The third-order valence-corrected chi connectivity index (χ3v) is 4.74. The van der Waals surface area contributed by atoms with Crippen LogP contribution in [-0.2, 0) is 10.2 Å². The van der Waals surface area contributed by atoms with Crippen LogP contribution in [0.1, 0.15) is 18.4 Å². The lowest BCUT2D eigenvalue weighted by atomic mass is 9.75. The van der Waals surface area contributed by atoms with E-state index in [1.54, 1.807) is 6.20 Å². The second-order valence-electron chi connectivity index (χ2n) is 4.55. The molecule has 1 spiro atoms. The summed E-state index contributed by atoms with van der Waals surface area (Å²) in [7, 11) is 0. The zero-order valence-electron chi connectivity index (χ0n) is 9.02. The number of aromatic nitrogens is 1. The molecule has 1 fully saturated rings. The second-order valence-corrected chi connectivity index (χ2v) is 5.79. The molecule has 1 amide bonds. The molecule has 3 rings (SSSR count). The summed E-state index contributed by atoms with van der Waals surface area (Å²) in [4.78, 5) is 15.9. The lowest BCUT2D eigenvalue weighted by molar-refractivity contribution is -0.123. The third-order valence-electron chi connectivity index (χ3n) is 3.52. The number of pyridine rings is 1. The predicted molar refractivity (Wildman–Crippen MR) is 69.4 cm³/mol. The molecule has 1 saturated heterocycles. The Kier molecular flexibility index (Phi) is 2.56. The Balaban J connectivity index is 2.13. The lowest BCUT2D eigenvalue weighted by Gasteiger charge is -2.33. The van der Waals surface area contributed by atoms with Gasteiger partial charge in [0.05, 0.1) is 9.50 Å². The standard InChI is InChI=1S/C11H11BrClN3O/c12-6-4-15-10-8(9(6)13)11(5-16-10)1-2-14-7(17)3-11/h4H,1-3,5H2,(H,14,17)(H,15,16). The SMILES string of the molecule is O=C1CC2(CCN1)CNc1ncc(Br)c(Cl)c12. The summed E-state index contributed by atoms with van der Waals surface area (Å²) >= 11 is 9.74. The maximum absolute atomic E-state index is 11.6. The second kappa shape index (κ2) is 3.85. The normalized spacial score (nSPS) is 26.6. The van der Waals surface area contributed by atoms with Crippen LogP contribution in [0.4, 0.5) is 5.82 Å². The fourth-order valence-electron chi connectivity index (χ4n) is 2.69. The Morgan fingerprint density at radius 2 is 2.29 bits per heavy atom. The van der Waals surface area contributed by atoms with Crippen LogP contribution in [0.15, 0.2) is 10.7 Å². The van der Waals surface area contributed by atoms with Gasteiger partial charge < -0.3 is 10.6 Å². The monoisotopic (exact) mass is 315 g/mol. The molecular weight excluding hydrogens is 305 g/mol. The van der Waals surface area contributed by atoms with E-state index < -0.39 is 0 Å². The molecule has 0 saturated carbocycles. The van der Waals surface area contributed by atoms with Gasteiger partial charge in [0.2, 0.25) is 5.91 Å². The van der Waals surface area contributed by atoms with Gasteiger partial charge in [-0.3, -0.25) is 4.79 Å². The highest BCUT2D eigenvalue weighted by atomic mass is 79.9. The van der Waals surface area contributed by atoms with Crippen molar-refractivity contribution in [2.75, 3.05) is 18.4 Å². The van der Waals surface area contributed by atoms with Gasteiger partial charge in [0.15, 0.2) is 0 Å². The quantitative estimate of drug-likeness (QED) is 0.770. The van der Waals surface area contributed by atoms with E-state index >= 15 is 0 Å². The molecule has 0 aliphatic carbocycles. The summed E-state index contributed by atoms with van der Waals surface area (Å²) in [6, 6.07) is 0. The molecule has 3 heterocycles. The topological polar surface area (TPSA) is 54.0 Å². The average Bonchev–Trinajstić information content (AvgIpc) is 2.63. The molecule has 1 atom stereocenters. The van der Waals surface area contributed by atoms with Crippen molar-refractivity contribution < 1.29 is 4.79 Å². The summed E-state index contributed by atoms with van der Waals surface area (Å²) in [5.74, 6) is 0.898. The van der Waals surface area contributed by atoms with E-state index in [1.807, 2.05) is 0 Å². The number of piperidine rings is 1. The molecule has 2 aliphatic heterocycles. The lowest BCUT2D eigenvalue weighted by Crippen LogP contribution is -2.44. The molecule has 4 nitrogen and oxygen atoms in total. The van der Waals surface area contributed by atoms with Crippen molar-refractivity contribution in [2.45, 2.75) is 18.3 Å². The van der Waals surface area contributed by atoms with Gasteiger partial charge in [-0.05, 0) is 22.4 Å². The fraction of sp³-hybridized carbons (Fsp3) is 0.455. The molecule has 6 heteroatoms. The molecule has 1 aromatic heterocycles.